The summed E-state index contributed by atoms with van der Waals surface area (Å²) in [5.74, 6) is 0.955. The van der Waals surface area contributed by atoms with E-state index in [1.165, 1.54) is 5.56 Å². The van der Waals surface area contributed by atoms with Crippen LogP contribution in [0.1, 0.15) is 11.4 Å². The third kappa shape index (κ3) is 3.04. The lowest BCUT2D eigenvalue weighted by Gasteiger charge is -2.16. The lowest BCUT2D eigenvalue weighted by Crippen LogP contribution is -2.19. The fourth-order valence-corrected chi connectivity index (χ4v) is 1.76. The Bertz CT molecular complexity index is 491. The van der Waals surface area contributed by atoms with Crippen molar-refractivity contribution < 1.29 is 0 Å². The highest BCUT2D eigenvalue weighted by Gasteiger charge is 2.06. The molecule has 0 aliphatic rings. The van der Waals surface area contributed by atoms with Crippen molar-refractivity contribution >= 4 is 5.69 Å². The molecule has 0 bridgehead atoms. The van der Waals surface area contributed by atoms with E-state index in [2.05, 4.69) is 28.1 Å². The number of rotatable bonds is 4. The molecule has 90 valence electrons. The molecular weight excluding hydrogens is 214 g/mol. The summed E-state index contributed by atoms with van der Waals surface area (Å²) in [5.41, 5.74) is 7.75. The van der Waals surface area contributed by atoms with Gasteiger partial charge in [-0.1, -0.05) is 12.1 Å². The molecule has 0 aliphatic carbocycles. The van der Waals surface area contributed by atoms with Crippen LogP contribution in [-0.2, 0) is 20.1 Å². The van der Waals surface area contributed by atoms with Crippen LogP contribution < -0.4 is 5.73 Å². The Morgan fingerprint density at radius 1 is 1.35 bits per heavy atom. The number of aromatic nitrogens is 3. The van der Waals surface area contributed by atoms with Crippen molar-refractivity contribution in [1.82, 2.24) is 19.7 Å². The number of aryl methyl sites for hydroxylation is 1. The molecule has 1 heterocycles. The predicted octanol–water partition coefficient (Wildman–Crippen LogP) is 1.03. The molecule has 0 atom stereocenters. The van der Waals surface area contributed by atoms with E-state index in [9.17, 15) is 0 Å². The third-order valence-electron chi connectivity index (χ3n) is 2.62. The molecule has 5 heteroatoms. The summed E-state index contributed by atoms with van der Waals surface area (Å²) >= 11 is 0. The number of hydrogen-bond acceptors (Lipinski definition) is 4. The molecule has 2 aromatic rings. The first-order valence-corrected chi connectivity index (χ1v) is 5.51. The summed E-state index contributed by atoms with van der Waals surface area (Å²) in [6, 6.07) is 7.93. The molecule has 0 fully saturated rings. The van der Waals surface area contributed by atoms with Crippen molar-refractivity contribution in [3.05, 3.63) is 42.0 Å². The van der Waals surface area contributed by atoms with E-state index in [0.717, 1.165) is 24.6 Å². The van der Waals surface area contributed by atoms with Crippen LogP contribution in [0.4, 0.5) is 5.69 Å². The molecule has 17 heavy (non-hydrogen) atoms. The summed E-state index contributed by atoms with van der Waals surface area (Å²) in [6.45, 7) is 1.61. The van der Waals surface area contributed by atoms with E-state index in [1.807, 2.05) is 25.2 Å². The minimum Gasteiger partial charge on any atom is -0.399 e. The van der Waals surface area contributed by atoms with E-state index in [1.54, 1.807) is 11.0 Å². The van der Waals surface area contributed by atoms with Crippen LogP contribution in [0.25, 0.3) is 0 Å². The first-order chi connectivity index (χ1) is 8.15. The smallest absolute Gasteiger partial charge is 0.140 e. The van der Waals surface area contributed by atoms with Crippen molar-refractivity contribution in [2.75, 3.05) is 12.8 Å². The number of nitrogens with zero attached hydrogens (tertiary/aromatic N) is 4. The largest absolute Gasteiger partial charge is 0.399 e. The molecule has 2 N–H and O–H groups in total. The first kappa shape index (κ1) is 11.6. The number of benzene rings is 1. The van der Waals surface area contributed by atoms with Gasteiger partial charge in [0.2, 0.25) is 0 Å². The second-order valence-corrected chi connectivity index (χ2v) is 4.22. The number of nitrogens with two attached hydrogens (primary N) is 1. The van der Waals surface area contributed by atoms with Gasteiger partial charge in [0.25, 0.3) is 0 Å². The average molecular weight is 231 g/mol. The SMILES string of the molecule is CN(Cc1cccc(N)c1)Cc1ncnn1C. The van der Waals surface area contributed by atoms with Crippen molar-refractivity contribution in [3.63, 3.8) is 0 Å². The maximum absolute atomic E-state index is 5.75. The van der Waals surface area contributed by atoms with Crippen LogP contribution in [0.2, 0.25) is 0 Å². The van der Waals surface area contributed by atoms with Crippen LogP contribution >= 0.6 is 0 Å². The monoisotopic (exact) mass is 231 g/mol. The topological polar surface area (TPSA) is 60.0 Å². The van der Waals surface area contributed by atoms with Gasteiger partial charge in [0.1, 0.15) is 12.2 Å². The van der Waals surface area contributed by atoms with Gasteiger partial charge in [-0.15, -0.1) is 0 Å². The molecule has 0 spiro atoms. The van der Waals surface area contributed by atoms with E-state index in [0.29, 0.717) is 0 Å². The van der Waals surface area contributed by atoms with Crippen molar-refractivity contribution in [2.45, 2.75) is 13.1 Å². The number of nitrogen functional groups attached to an aromatic ring is 1. The van der Waals surface area contributed by atoms with Gasteiger partial charge in [-0.05, 0) is 24.7 Å². The molecular formula is C12H17N5. The van der Waals surface area contributed by atoms with Gasteiger partial charge in [0, 0.05) is 19.3 Å². The Morgan fingerprint density at radius 3 is 2.82 bits per heavy atom. The Hall–Kier alpha value is -1.88. The number of hydrogen-bond donors (Lipinski definition) is 1. The average Bonchev–Trinajstić information content (AvgIpc) is 2.64. The molecule has 1 aromatic heterocycles. The maximum Gasteiger partial charge on any atom is 0.140 e. The summed E-state index contributed by atoms with van der Waals surface area (Å²) < 4.78 is 1.79. The standard InChI is InChI=1S/C12H17N5/c1-16(8-12-14-9-15-17(12)2)7-10-4-3-5-11(13)6-10/h3-6,9H,7-8,13H2,1-2H3. The van der Waals surface area contributed by atoms with Gasteiger partial charge in [-0.25, -0.2) is 4.98 Å². The van der Waals surface area contributed by atoms with E-state index in [4.69, 9.17) is 5.73 Å². The highest BCUT2D eigenvalue weighted by molar-refractivity contribution is 5.40. The van der Waals surface area contributed by atoms with Gasteiger partial charge in [-0.2, -0.15) is 5.10 Å². The summed E-state index contributed by atoms with van der Waals surface area (Å²) in [5, 5.41) is 4.05. The van der Waals surface area contributed by atoms with Crippen molar-refractivity contribution in [1.29, 1.82) is 0 Å². The minimum atomic E-state index is 0.769. The molecule has 0 aliphatic heterocycles. The minimum absolute atomic E-state index is 0.769. The quantitative estimate of drug-likeness (QED) is 0.798. The van der Waals surface area contributed by atoms with Crippen LogP contribution in [-0.4, -0.2) is 26.7 Å². The second kappa shape index (κ2) is 4.97. The van der Waals surface area contributed by atoms with Gasteiger partial charge in [-0.3, -0.25) is 9.58 Å². The summed E-state index contributed by atoms with van der Waals surface area (Å²) in [4.78, 5) is 6.38. The molecule has 1 aromatic carbocycles. The molecule has 2 rings (SSSR count). The first-order valence-electron chi connectivity index (χ1n) is 5.51. The van der Waals surface area contributed by atoms with Crippen LogP contribution in [0.5, 0.6) is 0 Å². The Morgan fingerprint density at radius 2 is 2.18 bits per heavy atom. The molecule has 0 amide bonds. The fourth-order valence-electron chi connectivity index (χ4n) is 1.76. The summed E-state index contributed by atoms with van der Waals surface area (Å²) in [7, 11) is 3.95. The zero-order valence-corrected chi connectivity index (χ0v) is 10.2. The Balaban J connectivity index is 1.98. The van der Waals surface area contributed by atoms with Crippen molar-refractivity contribution in [2.24, 2.45) is 7.05 Å². The van der Waals surface area contributed by atoms with Gasteiger partial charge < -0.3 is 5.73 Å². The van der Waals surface area contributed by atoms with Crippen LogP contribution in [0, 0.1) is 0 Å². The maximum atomic E-state index is 5.75. The van der Waals surface area contributed by atoms with E-state index < -0.39 is 0 Å². The zero-order chi connectivity index (χ0) is 12.3. The van der Waals surface area contributed by atoms with Gasteiger partial charge >= 0.3 is 0 Å². The normalized spacial score (nSPS) is 11.0. The van der Waals surface area contributed by atoms with E-state index in [-0.39, 0.29) is 0 Å². The molecule has 0 radical (unpaired) electrons. The fraction of sp³-hybridized carbons (Fsp3) is 0.333. The van der Waals surface area contributed by atoms with Crippen molar-refractivity contribution in [3.8, 4) is 0 Å². The molecule has 0 unspecified atom stereocenters. The Labute approximate surface area is 101 Å². The Kier molecular flexibility index (Phi) is 3.39. The van der Waals surface area contributed by atoms with E-state index >= 15 is 0 Å². The highest BCUT2D eigenvalue weighted by atomic mass is 15.3. The predicted molar refractivity (Wildman–Crippen MR) is 67.0 cm³/mol. The number of anilines is 1. The molecule has 0 saturated heterocycles. The zero-order valence-electron chi connectivity index (χ0n) is 10.2. The van der Waals surface area contributed by atoms with Crippen LogP contribution in [0.15, 0.2) is 30.6 Å². The third-order valence-corrected chi connectivity index (χ3v) is 2.62. The molecule has 0 saturated carbocycles. The second-order valence-electron chi connectivity index (χ2n) is 4.22. The van der Waals surface area contributed by atoms with Gasteiger partial charge in [0.15, 0.2) is 0 Å². The summed E-state index contributed by atoms with van der Waals surface area (Å²) in [6.07, 6.45) is 1.57. The highest BCUT2D eigenvalue weighted by Crippen LogP contribution is 2.09. The molecule has 5 nitrogen and oxygen atoms in total. The van der Waals surface area contributed by atoms with Crippen LogP contribution in [0.3, 0.4) is 0 Å². The lowest BCUT2D eigenvalue weighted by atomic mass is 10.2. The lowest BCUT2D eigenvalue weighted by molar-refractivity contribution is 0.305. The van der Waals surface area contributed by atoms with Gasteiger partial charge in [0.05, 0.1) is 6.54 Å².